The highest BCUT2D eigenvalue weighted by Gasteiger charge is 2.31. The van der Waals surface area contributed by atoms with Crippen LogP contribution in [0.3, 0.4) is 0 Å². The molecule has 12 N–H and O–H groups in total. The van der Waals surface area contributed by atoms with Crippen molar-refractivity contribution < 1.29 is 47.4 Å². The molecule has 0 aromatic carbocycles. The van der Waals surface area contributed by atoms with Crippen molar-refractivity contribution in [3.63, 3.8) is 0 Å². The Kier molecular flexibility index (Phi) is 51.1. The smallest absolute Gasteiger partial charge is 0.0781 e. The molecule has 0 saturated heterocycles. The molecule has 16 heteroatoms. The topological polar surface area (TPSA) is 248 Å². The molecule has 12 atom stereocenters. The minimum Gasteiger partial charge on any atom is -0.379 e. The van der Waals surface area contributed by atoms with Crippen LogP contribution >= 0.6 is 0 Å². The van der Waals surface area contributed by atoms with E-state index in [1.807, 2.05) is 69.2 Å². The largest absolute Gasteiger partial charge is 0.379 e. The Morgan fingerprint density at radius 2 is 0.625 bits per heavy atom. The predicted molar refractivity (Wildman–Crippen MR) is 301 cm³/mol. The number of unbranched alkanes of at least 4 members (excludes halogenated alkanes) is 2. The van der Waals surface area contributed by atoms with Crippen LogP contribution in [0.1, 0.15) is 181 Å². The zero-order chi connectivity index (χ0) is 55.4. The van der Waals surface area contributed by atoms with Crippen molar-refractivity contribution in [1.82, 2.24) is 0 Å². The minimum atomic E-state index is 0.0395. The van der Waals surface area contributed by atoms with Crippen LogP contribution in [0.5, 0.6) is 0 Å². The zero-order valence-electron chi connectivity index (χ0n) is 49.9. The fourth-order valence-corrected chi connectivity index (χ4v) is 7.37. The summed E-state index contributed by atoms with van der Waals surface area (Å²) in [6, 6.07) is 0.375. The second kappa shape index (κ2) is 48.7. The molecule has 16 nitrogen and oxygen atoms in total. The summed E-state index contributed by atoms with van der Waals surface area (Å²) in [4.78, 5) is 0. The Hall–Kier alpha value is -0.640. The van der Waals surface area contributed by atoms with Gasteiger partial charge in [0.15, 0.2) is 0 Å². The monoisotopic (exact) mass is 1040 g/mol. The highest BCUT2D eigenvalue weighted by molar-refractivity contribution is 4.80. The molecule has 0 saturated carbocycles. The Morgan fingerprint density at radius 3 is 0.861 bits per heavy atom. The molecular formula is C56H124N6O10. The third-order valence-corrected chi connectivity index (χ3v) is 12.1. The molecule has 0 aliphatic carbocycles. The first-order chi connectivity index (χ1) is 34.0. The van der Waals surface area contributed by atoms with E-state index in [9.17, 15) is 0 Å². The van der Waals surface area contributed by atoms with E-state index in [4.69, 9.17) is 81.8 Å². The first-order valence-electron chi connectivity index (χ1n) is 28.5. The number of ether oxygens (including phenoxy) is 10. The van der Waals surface area contributed by atoms with E-state index >= 15 is 0 Å². The molecule has 0 radical (unpaired) electrons. The van der Waals surface area contributed by atoms with E-state index in [0.29, 0.717) is 98.4 Å². The minimum absolute atomic E-state index is 0.0395. The maximum atomic E-state index is 6.02. The normalized spacial score (nSPS) is 18.6. The van der Waals surface area contributed by atoms with Crippen LogP contribution in [-0.4, -0.2) is 166 Å². The lowest BCUT2D eigenvalue weighted by molar-refractivity contribution is -0.0789. The van der Waals surface area contributed by atoms with Crippen LogP contribution in [0.15, 0.2) is 0 Å². The van der Waals surface area contributed by atoms with Crippen LogP contribution in [0.2, 0.25) is 0 Å². The van der Waals surface area contributed by atoms with Crippen LogP contribution < -0.4 is 34.4 Å². The van der Waals surface area contributed by atoms with Crippen molar-refractivity contribution in [2.75, 3.05) is 99.1 Å². The second-order valence-corrected chi connectivity index (χ2v) is 21.8. The number of nitrogens with two attached hydrogens (primary N) is 6. The molecule has 438 valence electrons. The Bertz CT molecular complexity index is 1020. The average molecular weight is 1040 g/mol. The average Bonchev–Trinajstić information content (AvgIpc) is 3.32. The van der Waals surface area contributed by atoms with Gasteiger partial charge in [-0.05, 0) is 108 Å². The third-order valence-electron chi connectivity index (χ3n) is 12.1. The van der Waals surface area contributed by atoms with E-state index in [-0.39, 0.29) is 77.6 Å². The summed E-state index contributed by atoms with van der Waals surface area (Å²) in [6.07, 6.45) is 12.6. The van der Waals surface area contributed by atoms with E-state index in [1.54, 1.807) is 0 Å². The van der Waals surface area contributed by atoms with Gasteiger partial charge in [-0.1, -0.05) is 73.6 Å². The molecule has 0 fully saturated rings. The summed E-state index contributed by atoms with van der Waals surface area (Å²) in [6.45, 7) is 42.2. The summed E-state index contributed by atoms with van der Waals surface area (Å²) in [5.74, 6) is 0.433. The highest BCUT2D eigenvalue weighted by atomic mass is 16.6. The van der Waals surface area contributed by atoms with Gasteiger partial charge in [-0.25, -0.2) is 0 Å². The van der Waals surface area contributed by atoms with Gasteiger partial charge in [0.2, 0.25) is 0 Å². The van der Waals surface area contributed by atoms with E-state index in [2.05, 4.69) is 41.5 Å². The zero-order valence-corrected chi connectivity index (χ0v) is 49.9. The van der Waals surface area contributed by atoms with Gasteiger partial charge in [0.05, 0.1) is 130 Å². The fraction of sp³-hybridized carbons (Fsp3) is 1.00. The lowest BCUT2D eigenvalue weighted by Crippen LogP contribution is -2.35. The van der Waals surface area contributed by atoms with Gasteiger partial charge in [-0.2, -0.15) is 0 Å². The summed E-state index contributed by atoms with van der Waals surface area (Å²) < 4.78 is 58.4. The maximum Gasteiger partial charge on any atom is 0.0781 e. The molecule has 0 rings (SSSR count). The first kappa shape index (κ1) is 75.6. The lowest BCUT2D eigenvalue weighted by atomic mass is 9.81. The van der Waals surface area contributed by atoms with E-state index in [0.717, 1.165) is 51.6 Å². The van der Waals surface area contributed by atoms with Gasteiger partial charge in [-0.15, -0.1) is 0 Å². The van der Waals surface area contributed by atoms with Crippen molar-refractivity contribution in [2.24, 2.45) is 51.1 Å². The molecule has 0 heterocycles. The highest BCUT2D eigenvalue weighted by Crippen LogP contribution is 2.31. The van der Waals surface area contributed by atoms with Crippen LogP contribution in [0.25, 0.3) is 0 Å². The molecular weight excluding hydrogens is 917 g/mol. The Labute approximate surface area is 444 Å². The van der Waals surface area contributed by atoms with Crippen LogP contribution in [0, 0.1) is 16.7 Å². The quantitative estimate of drug-likeness (QED) is 0.0337. The van der Waals surface area contributed by atoms with Gasteiger partial charge in [0.1, 0.15) is 0 Å². The van der Waals surface area contributed by atoms with Crippen molar-refractivity contribution in [1.29, 1.82) is 0 Å². The Balaban J connectivity index is -0.00000101. The maximum absolute atomic E-state index is 6.02. The van der Waals surface area contributed by atoms with Gasteiger partial charge >= 0.3 is 0 Å². The fourth-order valence-electron chi connectivity index (χ4n) is 7.37. The van der Waals surface area contributed by atoms with Crippen molar-refractivity contribution in [2.45, 2.75) is 248 Å². The number of rotatable bonds is 47. The molecule has 12 unspecified atom stereocenters. The standard InChI is InChI=1S/2C21H46N2O4.C14H32N2O2/c2*1-7-9-10-21(8-2,15-24-13-19(5)26-11-17(3)22)16-25-14-20(6)27-12-18(4)23;1-5-7-14(18-9-12(4)16)13(6-2)10-17-8-11(3)15/h2*17-20H,7-16,22-23H2,1-6H3;11-14H,5-10,15-16H2,1-4H3. The van der Waals surface area contributed by atoms with Crippen molar-refractivity contribution >= 4 is 0 Å². The number of hydrogen-bond donors (Lipinski definition) is 6. The summed E-state index contributed by atoms with van der Waals surface area (Å²) in [5, 5.41) is 0. The summed E-state index contributed by atoms with van der Waals surface area (Å²) in [5.41, 5.74) is 34.4. The van der Waals surface area contributed by atoms with Gasteiger partial charge in [0, 0.05) is 53.0 Å². The molecule has 0 bridgehead atoms. The predicted octanol–water partition coefficient (Wildman–Crippen LogP) is 8.13. The second-order valence-electron chi connectivity index (χ2n) is 21.8. The first-order valence-corrected chi connectivity index (χ1v) is 28.5. The SMILES string of the molecule is CCCC(OCC(C)N)C(CC)COCC(C)N.CCCCC(CC)(COCC(C)OCC(C)N)COCC(C)OCC(C)N.CCCCC(CC)(COCC(C)OCC(C)N)COCC(C)OCC(C)N. The van der Waals surface area contributed by atoms with Crippen LogP contribution in [0.4, 0.5) is 0 Å². The van der Waals surface area contributed by atoms with Crippen molar-refractivity contribution in [3.05, 3.63) is 0 Å². The number of hydrogen-bond acceptors (Lipinski definition) is 16. The van der Waals surface area contributed by atoms with Gasteiger partial charge < -0.3 is 81.8 Å². The van der Waals surface area contributed by atoms with Gasteiger partial charge in [-0.3, -0.25) is 0 Å². The Morgan fingerprint density at radius 1 is 0.333 bits per heavy atom. The lowest BCUT2D eigenvalue weighted by Gasteiger charge is -2.33. The van der Waals surface area contributed by atoms with E-state index in [1.165, 1.54) is 25.7 Å². The molecule has 0 aliphatic heterocycles. The van der Waals surface area contributed by atoms with Crippen molar-refractivity contribution in [3.8, 4) is 0 Å². The molecule has 0 aromatic rings. The molecule has 0 aromatic heterocycles. The summed E-state index contributed by atoms with van der Waals surface area (Å²) in [7, 11) is 0. The van der Waals surface area contributed by atoms with Gasteiger partial charge in [0.25, 0.3) is 0 Å². The molecule has 0 aliphatic rings. The molecule has 72 heavy (non-hydrogen) atoms. The molecule has 0 spiro atoms. The van der Waals surface area contributed by atoms with Crippen LogP contribution in [-0.2, 0) is 47.4 Å². The molecule has 0 amide bonds. The third kappa shape index (κ3) is 46.6. The summed E-state index contributed by atoms with van der Waals surface area (Å²) >= 11 is 0. The van der Waals surface area contributed by atoms with E-state index < -0.39 is 0 Å².